The minimum Gasteiger partial charge on any atom is -0.381 e. The third-order valence-electron chi connectivity index (χ3n) is 0.860. The molecule has 0 amide bonds. The molecule has 0 saturated heterocycles. The van der Waals surface area contributed by atoms with E-state index in [-0.39, 0.29) is 11.0 Å². The molecule has 10 heavy (non-hydrogen) atoms. The topological polar surface area (TPSA) is 77.8 Å². The molecule has 1 aromatic rings. The Kier molecular flexibility index (Phi) is 2.14. The summed E-state index contributed by atoms with van der Waals surface area (Å²) in [6.07, 6.45) is 0. The summed E-state index contributed by atoms with van der Waals surface area (Å²) in [7, 11) is 0. The molecule has 0 radical (unpaired) electrons. The second-order valence-electron chi connectivity index (χ2n) is 1.58. The highest BCUT2D eigenvalue weighted by Crippen LogP contribution is 2.17. The second kappa shape index (κ2) is 2.75. The van der Waals surface area contributed by atoms with E-state index >= 15 is 0 Å². The van der Waals surface area contributed by atoms with Crippen LogP contribution in [-0.4, -0.2) is 9.97 Å². The summed E-state index contributed by atoms with van der Waals surface area (Å²) < 4.78 is 0.566. The molecular formula is C4H4ClIN4. The fourth-order valence-corrected chi connectivity index (χ4v) is 1.05. The zero-order valence-corrected chi connectivity index (χ0v) is 7.72. The smallest absolute Gasteiger partial charge is 0.172 e. The van der Waals surface area contributed by atoms with Crippen molar-refractivity contribution >= 4 is 45.8 Å². The summed E-state index contributed by atoms with van der Waals surface area (Å²) >= 11 is 7.45. The predicted molar refractivity (Wildman–Crippen MR) is 48.6 cm³/mol. The van der Waals surface area contributed by atoms with Crippen LogP contribution in [0, 0.1) is 3.70 Å². The fraction of sp³-hybridized carbons (Fsp3) is 0. The van der Waals surface area contributed by atoms with Gasteiger partial charge in [0.05, 0.1) is 0 Å². The van der Waals surface area contributed by atoms with Gasteiger partial charge in [0.1, 0.15) is 3.70 Å². The lowest BCUT2D eigenvalue weighted by Crippen LogP contribution is -2.01. The Morgan fingerprint density at radius 2 is 1.80 bits per heavy atom. The molecule has 0 aliphatic heterocycles. The van der Waals surface area contributed by atoms with Crippen LogP contribution >= 0.6 is 34.2 Å². The molecule has 6 heteroatoms. The van der Waals surface area contributed by atoms with Crippen LogP contribution in [0.3, 0.4) is 0 Å². The average molecular weight is 270 g/mol. The maximum absolute atomic E-state index is 5.53. The number of nitrogens with two attached hydrogens (primary N) is 2. The molecule has 4 N–H and O–H groups in total. The van der Waals surface area contributed by atoms with Gasteiger partial charge in [-0.25, -0.2) is 9.97 Å². The molecule has 0 spiro atoms. The minimum absolute atomic E-state index is 0.166. The lowest BCUT2D eigenvalue weighted by atomic mass is 10.6. The fourth-order valence-electron chi connectivity index (χ4n) is 0.423. The molecule has 0 aliphatic carbocycles. The third-order valence-corrected chi connectivity index (χ3v) is 1.93. The van der Waals surface area contributed by atoms with E-state index in [1.165, 1.54) is 0 Å². The lowest BCUT2D eigenvalue weighted by Gasteiger charge is -1.98. The molecule has 0 atom stereocenters. The summed E-state index contributed by atoms with van der Waals surface area (Å²) in [4.78, 5) is 7.54. The van der Waals surface area contributed by atoms with Crippen LogP contribution in [-0.2, 0) is 0 Å². The lowest BCUT2D eigenvalue weighted by molar-refractivity contribution is 1.18. The summed E-state index contributed by atoms with van der Waals surface area (Å²) in [6, 6.07) is 0. The Bertz CT molecular complexity index is 213. The largest absolute Gasteiger partial charge is 0.381 e. The summed E-state index contributed by atoms with van der Waals surface area (Å²) in [5.74, 6) is 0.474. The molecular weight excluding hydrogens is 266 g/mol. The maximum Gasteiger partial charge on any atom is 0.172 e. The van der Waals surface area contributed by atoms with Gasteiger partial charge in [-0.15, -0.1) is 0 Å². The van der Waals surface area contributed by atoms with Gasteiger partial charge in [0.25, 0.3) is 0 Å². The molecule has 1 heterocycles. The Morgan fingerprint density at radius 1 is 1.20 bits per heavy atom. The van der Waals surface area contributed by atoms with Crippen molar-refractivity contribution in [1.82, 2.24) is 9.97 Å². The van der Waals surface area contributed by atoms with E-state index in [1.807, 2.05) is 22.6 Å². The monoisotopic (exact) mass is 270 g/mol. The molecule has 1 aromatic heterocycles. The Morgan fingerprint density at radius 3 is 2.30 bits per heavy atom. The van der Waals surface area contributed by atoms with Gasteiger partial charge in [0.2, 0.25) is 0 Å². The first-order chi connectivity index (χ1) is 4.61. The van der Waals surface area contributed by atoms with Crippen LogP contribution in [0.15, 0.2) is 0 Å². The van der Waals surface area contributed by atoms with Crippen LogP contribution in [0.1, 0.15) is 0 Å². The number of nitrogens with zero attached hydrogens (tertiary/aromatic N) is 2. The standard InChI is InChI=1S/C4H4ClIN4/c5-1-3(7)10-4(8)2(6)9-1/h(H4,7,8,10). The van der Waals surface area contributed by atoms with Gasteiger partial charge in [-0.05, 0) is 22.6 Å². The zero-order valence-electron chi connectivity index (χ0n) is 4.81. The predicted octanol–water partition coefficient (Wildman–Crippen LogP) is 0.899. The van der Waals surface area contributed by atoms with E-state index in [9.17, 15) is 0 Å². The van der Waals surface area contributed by atoms with Gasteiger partial charge in [-0.2, -0.15) is 0 Å². The van der Waals surface area contributed by atoms with Crippen molar-refractivity contribution in [3.05, 3.63) is 8.85 Å². The Hall–Kier alpha value is -0.300. The van der Waals surface area contributed by atoms with Crippen molar-refractivity contribution in [3.63, 3.8) is 0 Å². The van der Waals surface area contributed by atoms with Crippen molar-refractivity contribution in [2.75, 3.05) is 11.5 Å². The number of hydrogen-bond donors (Lipinski definition) is 2. The van der Waals surface area contributed by atoms with Crippen LogP contribution in [0.25, 0.3) is 0 Å². The van der Waals surface area contributed by atoms with E-state index in [0.717, 1.165) is 0 Å². The summed E-state index contributed by atoms with van der Waals surface area (Å²) in [6.45, 7) is 0. The van der Waals surface area contributed by atoms with Gasteiger partial charge >= 0.3 is 0 Å². The molecule has 0 unspecified atom stereocenters. The van der Waals surface area contributed by atoms with E-state index in [0.29, 0.717) is 9.52 Å². The van der Waals surface area contributed by atoms with E-state index in [4.69, 9.17) is 23.1 Å². The molecule has 0 aliphatic rings. The van der Waals surface area contributed by atoms with Gasteiger partial charge in [-0.3, -0.25) is 0 Å². The highest BCUT2D eigenvalue weighted by molar-refractivity contribution is 14.1. The summed E-state index contributed by atoms with van der Waals surface area (Å²) in [5, 5.41) is 0.193. The van der Waals surface area contributed by atoms with Crippen LogP contribution < -0.4 is 11.5 Å². The van der Waals surface area contributed by atoms with Crippen LogP contribution in [0.4, 0.5) is 11.6 Å². The minimum atomic E-state index is 0.166. The highest BCUT2D eigenvalue weighted by atomic mass is 127. The number of halogens is 2. The van der Waals surface area contributed by atoms with Crippen LogP contribution in [0.5, 0.6) is 0 Å². The van der Waals surface area contributed by atoms with Crippen LogP contribution in [0.2, 0.25) is 5.15 Å². The first-order valence-electron chi connectivity index (χ1n) is 2.35. The maximum atomic E-state index is 5.53. The molecule has 0 fully saturated rings. The number of rotatable bonds is 0. The number of aromatic nitrogens is 2. The number of hydrogen-bond acceptors (Lipinski definition) is 4. The third kappa shape index (κ3) is 1.40. The van der Waals surface area contributed by atoms with Gasteiger partial charge < -0.3 is 11.5 Å². The first kappa shape index (κ1) is 7.80. The van der Waals surface area contributed by atoms with Crippen molar-refractivity contribution in [2.24, 2.45) is 0 Å². The first-order valence-corrected chi connectivity index (χ1v) is 3.81. The Balaban J connectivity index is 3.28. The quantitative estimate of drug-likeness (QED) is 0.687. The molecule has 0 saturated carbocycles. The van der Waals surface area contributed by atoms with Gasteiger partial charge in [0, 0.05) is 0 Å². The van der Waals surface area contributed by atoms with E-state index in [1.54, 1.807) is 0 Å². The van der Waals surface area contributed by atoms with Crippen molar-refractivity contribution in [3.8, 4) is 0 Å². The zero-order chi connectivity index (χ0) is 7.72. The van der Waals surface area contributed by atoms with Gasteiger partial charge in [-0.1, -0.05) is 11.6 Å². The van der Waals surface area contributed by atoms with Crippen molar-refractivity contribution in [1.29, 1.82) is 0 Å². The molecule has 54 valence electrons. The summed E-state index contributed by atoms with van der Waals surface area (Å²) in [5.41, 5.74) is 10.7. The second-order valence-corrected chi connectivity index (χ2v) is 2.96. The SMILES string of the molecule is Nc1nc(N)c(I)nc1Cl. The van der Waals surface area contributed by atoms with Crippen molar-refractivity contribution < 1.29 is 0 Å². The number of nitrogen functional groups attached to an aromatic ring is 2. The molecule has 0 aromatic carbocycles. The number of anilines is 2. The molecule has 0 bridgehead atoms. The Labute approximate surface area is 76.1 Å². The highest BCUT2D eigenvalue weighted by Gasteiger charge is 2.03. The van der Waals surface area contributed by atoms with E-state index in [2.05, 4.69) is 9.97 Å². The van der Waals surface area contributed by atoms with Gasteiger partial charge in [0.15, 0.2) is 16.8 Å². The average Bonchev–Trinajstić information content (AvgIpc) is 1.84. The van der Waals surface area contributed by atoms with E-state index < -0.39 is 0 Å². The normalized spacial score (nSPS) is 9.80. The molecule has 4 nitrogen and oxygen atoms in total. The van der Waals surface area contributed by atoms with Crippen molar-refractivity contribution in [2.45, 2.75) is 0 Å². The molecule has 1 rings (SSSR count).